The molecule has 0 radical (unpaired) electrons. The molecule has 0 bridgehead atoms. The van der Waals surface area contributed by atoms with Crippen molar-refractivity contribution in [1.82, 2.24) is 9.80 Å². The summed E-state index contributed by atoms with van der Waals surface area (Å²) in [5.74, 6) is -0.755. The summed E-state index contributed by atoms with van der Waals surface area (Å²) in [6.45, 7) is 5.20. The molecule has 1 saturated heterocycles. The van der Waals surface area contributed by atoms with Crippen LogP contribution in [0.25, 0.3) is 0 Å². The fourth-order valence-electron chi connectivity index (χ4n) is 3.02. The lowest BCUT2D eigenvalue weighted by molar-refractivity contribution is -0.138. The maximum absolute atomic E-state index is 12.5. The van der Waals surface area contributed by atoms with Crippen LogP contribution in [0.3, 0.4) is 0 Å². The van der Waals surface area contributed by atoms with Crippen LogP contribution in [-0.2, 0) is 19.1 Å². The summed E-state index contributed by atoms with van der Waals surface area (Å²) >= 11 is 0. The lowest BCUT2D eigenvalue weighted by Crippen LogP contribution is -2.50. The molecule has 146 valence electrons. The lowest BCUT2D eigenvalue weighted by Gasteiger charge is -2.34. The molecule has 8 heteroatoms. The van der Waals surface area contributed by atoms with Crippen LogP contribution in [0.1, 0.15) is 30.6 Å². The fraction of sp³-hybridized carbons (Fsp3) is 0.474. The molecule has 1 fully saturated rings. The number of hydrogen-bond donors (Lipinski definition) is 0. The van der Waals surface area contributed by atoms with E-state index in [0.29, 0.717) is 37.4 Å². The number of nitrogens with zero attached hydrogens (tertiary/aromatic N) is 3. The largest absolute Gasteiger partial charge is 0.465 e. The average molecular weight is 375 g/mol. The number of anilines is 1. The van der Waals surface area contributed by atoms with Gasteiger partial charge in [0.05, 0.1) is 12.7 Å². The van der Waals surface area contributed by atoms with E-state index in [0.717, 1.165) is 0 Å². The Kier molecular flexibility index (Phi) is 6.92. The molecule has 0 aromatic heterocycles. The Labute approximate surface area is 158 Å². The number of rotatable bonds is 5. The normalized spacial score (nSPS) is 13.9. The van der Waals surface area contributed by atoms with E-state index in [4.69, 9.17) is 4.74 Å². The number of esters is 1. The van der Waals surface area contributed by atoms with Crippen molar-refractivity contribution < 1.29 is 23.9 Å². The van der Waals surface area contributed by atoms with Crippen LogP contribution in [0.5, 0.6) is 0 Å². The summed E-state index contributed by atoms with van der Waals surface area (Å²) in [5.41, 5.74) is 0.882. The van der Waals surface area contributed by atoms with E-state index in [9.17, 15) is 19.2 Å². The predicted molar refractivity (Wildman–Crippen MR) is 99.3 cm³/mol. The van der Waals surface area contributed by atoms with Gasteiger partial charge >= 0.3 is 5.97 Å². The van der Waals surface area contributed by atoms with Gasteiger partial charge in [0.1, 0.15) is 0 Å². The summed E-state index contributed by atoms with van der Waals surface area (Å²) in [6, 6.07) is 6.56. The van der Waals surface area contributed by atoms with E-state index in [1.807, 2.05) is 0 Å². The fourth-order valence-corrected chi connectivity index (χ4v) is 3.02. The van der Waals surface area contributed by atoms with Crippen LogP contribution >= 0.6 is 0 Å². The molecule has 1 aliphatic rings. The Morgan fingerprint density at radius 3 is 2.22 bits per heavy atom. The number of carbonyl (C=O) groups is 4. The van der Waals surface area contributed by atoms with Gasteiger partial charge in [0.2, 0.25) is 17.7 Å². The van der Waals surface area contributed by atoms with Crippen molar-refractivity contribution in [3.8, 4) is 0 Å². The zero-order valence-electron chi connectivity index (χ0n) is 15.9. The highest BCUT2D eigenvalue weighted by atomic mass is 16.5. The maximum atomic E-state index is 12.5. The second kappa shape index (κ2) is 9.16. The Balaban J connectivity index is 1.99. The third-order valence-corrected chi connectivity index (χ3v) is 4.59. The van der Waals surface area contributed by atoms with E-state index >= 15 is 0 Å². The Hall–Kier alpha value is -2.90. The van der Waals surface area contributed by atoms with Crippen molar-refractivity contribution in [3.05, 3.63) is 29.8 Å². The molecule has 1 aromatic rings. The van der Waals surface area contributed by atoms with Crippen molar-refractivity contribution in [2.75, 3.05) is 44.7 Å². The highest BCUT2D eigenvalue weighted by Gasteiger charge is 2.23. The van der Waals surface area contributed by atoms with Crippen LogP contribution in [0, 0.1) is 0 Å². The van der Waals surface area contributed by atoms with Gasteiger partial charge in [0, 0.05) is 58.7 Å². The van der Waals surface area contributed by atoms with Crippen molar-refractivity contribution in [1.29, 1.82) is 0 Å². The van der Waals surface area contributed by atoms with Crippen molar-refractivity contribution in [2.24, 2.45) is 0 Å². The first-order valence-corrected chi connectivity index (χ1v) is 8.83. The summed E-state index contributed by atoms with van der Waals surface area (Å²) in [6.07, 6.45) is 0.169. The van der Waals surface area contributed by atoms with Crippen LogP contribution in [0.2, 0.25) is 0 Å². The molecule has 8 nitrogen and oxygen atoms in total. The highest BCUT2D eigenvalue weighted by molar-refractivity contribution is 5.95. The molecule has 0 atom stereocenters. The van der Waals surface area contributed by atoms with Crippen LogP contribution in [-0.4, -0.2) is 73.3 Å². The monoisotopic (exact) mass is 375 g/mol. The molecular formula is C19H25N3O5. The molecule has 2 rings (SSSR count). The summed E-state index contributed by atoms with van der Waals surface area (Å²) in [5, 5.41) is 0. The number of benzene rings is 1. The Bertz CT molecular complexity index is 726. The first-order valence-electron chi connectivity index (χ1n) is 8.83. The molecule has 1 aromatic carbocycles. The zero-order valence-corrected chi connectivity index (χ0v) is 15.9. The van der Waals surface area contributed by atoms with Crippen LogP contribution < -0.4 is 4.90 Å². The smallest absolute Gasteiger partial charge is 0.337 e. The van der Waals surface area contributed by atoms with Gasteiger partial charge in [-0.2, -0.15) is 0 Å². The molecule has 0 aliphatic carbocycles. The maximum Gasteiger partial charge on any atom is 0.337 e. The van der Waals surface area contributed by atoms with Crippen molar-refractivity contribution in [2.45, 2.75) is 20.3 Å². The number of ether oxygens (including phenoxy) is 1. The van der Waals surface area contributed by atoms with Gasteiger partial charge in [-0.05, 0) is 18.2 Å². The molecule has 0 N–H and O–H groups in total. The van der Waals surface area contributed by atoms with Crippen LogP contribution in [0.15, 0.2) is 24.3 Å². The molecule has 1 heterocycles. The van der Waals surface area contributed by atoms with E-state index in [-0.39, 0.29) is 30.7 Å². The molecule has 3 amide bonds. The first-order chi connectivity index (χ1) is 12.8. The summed E-state index contributed by atoms with van der Waals surface area (Å²) in [4.78, 5) is 52.5. The zero-order chi connectivity index (χ0) is 20.0. The minimum Gasteiger partial charge on any atom is -0.465 e. The van der Waals surface area contributed by atoms with E-state index in [1.54, 1.807) is 34.1 Å². The highest BCUT2D eigenvalue weighted by Crippen LogP contribution is 2.18. The van der Waals surface area contributed by atoms with Crippen molar-refractivity contribution >= 4 is 29.4 Å². The second-order valence-corrected chi connectivity index (χ2v) is 6.35. The molecular weight excluding hydrogens is 350 g/mol. The molecule has 0 saturated carbocycles. The van der Waals surface area contributed by atoms with Gasteiger partial charge in [-0.3, -0.25) is 14.4 Å². The van der Waals surface area contributed by atoms with Gasteiger partial charge in [0.25, 0.3) is 0 Å². The quantitative estimate of drug-likeness (QED) is 0.714. The molecule has 27 heavy (non-hydrogen) atoms. The SMILES string of the molecule is COC(=O)c1cccc(N(CCC(=O)N2CCN(C(C)=O)CC2)C(C)=O)c1. The predicted octanol–water partition coefficient (Wildman–Crippen LogP) is 0.907. The van der Waals surface area contributed by atoms with Gasteiger partial charge in [0.15, 0.2) is 0 Å². The number of methoxy groups -OCH3 is 1. The van der Waals surface area contributed by atoms with E-state index < -0.39 is 5.97 Å². The van der Waals surface area contributed by atoms with Gasteiger partial charge in [-0.1, -0.05) is 6.07 Å². The number of hydrogen-bond acceptors (Lipinski definition) is 5. The second-order valence-electron chi connectivity index (χ2n) is 6.35. The topological polar surface area (TPSA) is 87.2 Å². The molecule has 0 unspecified atom stereocenters. The molecule has 0 spiro atoms. The first kappa shape index (κ1) is 20.4. The van der Waals surface area contributed by atoms with Gasteiger partial charge in [-0.15, -0.1) is 0 Å². The lowest BCUT2D eigenvalue weighted by atomic mass is 10.1. The minimum atomic E-state index is -0.486. The van der Waals surface area contributed by atoms with Gasteiger partial charge in [-0.25, -0.2) is 4.79 Å². The van der Waals surface area contributed by atoms with E-state index in [1.165, 1.54) is 25.9 Å². The van der Waals surface area contributed by atoms with E-state index in [2.05, 4.69) is 0 Å². The number of piperazine rings is 1. The standard InChI is InChI=1S/C19H25N3O5/c1-14(23)20-9-11-21(12-10-20)18(25)7-8-22(15(2)24)17-6-4-5-16(13-17)19(26)27-3/h4-6,13H,7-12H2,1-3H3. The minimum absolute atomic E-state index is 0.00958. The Morgan fingerprint density at radius 1 is 1.04 bits per heavy atom. The third kappa shape index (κ3) is 5.29. The third-order valence-electron chi connectivity index (χ3n) is 4.59. The molecule has 1 aliphatic heterocycles. The number of amides is 3. The van der Waals surface area contributed by atoms with Gasteiger partial charge < -0.3 is 19.4 Å². The summed E-state index contributed by atoms with van der Waals surface area (Å²) in [7, 11) is 1.29. The van der Waals surface area contributed by atoms with Crippen LogP contribution in [0.4, 0.5) is 5.69 Å². The average Bonchev–Trinajstić information content (AvgIpc) is 2.67. The summed E-state index contributed by atoms with van der Waals surface area (Å²) < 4.78 is 4.70. The van der Waals surface area contributed by atoms with Crippen molar-refractivity contribution in [3.63, 3.8) is 0 Å². The number of carbonyl (C=O) groups excluding carboxylic acids is 4. The Morgan fingerprint density at radius 2 is 1.67 bits per heavy atom.